The van der Waals surface area contributed by atoms with Crippen LogP contribution >= 0.6 is 0 Å². The van der Waals surface area contributed by atoms with Crippen LogP contribution in [0.2, 0.25) is 0 Å². The second kappa shape index (κ2) is 7.89. The first kappa shape index (κ1) is 19.3. The molecular formula is C25H21FNO4+. The standard InChI is InChI=1S/C25H20FNO4/c1-29-19-8-4-17(5-9-19)21-12-24(28)31-25-20(21)10-11-23-22(25)14-27(15-30-23)13-16-2-6-18(26)7-3-16/h2-12H,13-15H2,1H3/p+1. The molecule has 0 bridgehead atoms. The predicted molar refractivity (Wildman–Crippen MR) is 115 cm³/mol. The molecule has 0 aliphatic carbocycles. The van der Waals surface area contributed by atoms with Gasteiger partial charge in [0, 0.05) is 17.0 Å². The van der Waals surface area contributed by atoms with E-state index >= 15 is 0 Å². The van der Waals surface area contributed by atoms with E-state index in [1.165, 1.54) is 18.2 Å². The highest BCUT2D eigenvalue weighted by molar-refractivity contribution is 5.95. The van der Waals surface area contributed by atoms with Crippen molar-refractivity contribution in [1.82, 2.24) is 0 Å². The lowest BCUT2D eigenvalue weighted by atomic mass is 9.99. The molecule has 2 heterocycles. The van der Waals surface area contributed by atoms with E-state index in [1.54, 1.807) is 19.2 Å². The summed E-state index contributed by atoms with van der Waals surface area (Å²) in [6.45, 7) is 1.80. The Kier molecular flexibility index (Phi) is 4.92. The SMILES string of the molecule is COc1ccc(-c2cc(=O)oc3c4c(ccc23)OC[NH+](Cc2ccc(F)cc2)C4)cc1. The zero-order chi connectivity index (χ0) is 21.4. The molecule has 0 spiro atoms. The van der Waals surface area contributed by atoms with E-state index < -0.39 is 5.63 Å². The maximum atomic E-state index is 13.2. The fourth-order valence-electron chi connectivity index (χ4n) is 4.06. The molecule has 0 amide bonds. The molecule has 1 aliphatic rings. The number of fused-ring (bicyclic) bond motifs is 3. The van der Waals surface area contributed by atoms with Gasteiger partial charge in [-0.1, -0.05) is 24.3 Å². The van der Waals surface area contributed by atoms with Crippen molar-refractivity contribution in [2.24, 2.45) is 0 Å². The van der Waals surface area contributed by atoms with Gasteiger partial charge >= 0.3 is 5.63 Å². The molecule has 156 valence electrons. The Morgan fingerprint density at radius 1 is 1.03 bits per heavy atom. The number of methoxy groups -OCH3 is 1. The molecule has 3 aromatic carbocycles. The van der Waals surface area contributed by atoms with E-state index in [0.717, 1.165) is 44.0 Å². The summed E-state index contributed by atoms with van der Waals surface area (Å²) in [5.74, 6) is 1.23. The molecule has 1 unspecified atom stereocenters. The van der Waals surface area contributed by atoms with Gasteiger partial charge in [0.05, 0.1) is 12.7 Å². The van der Waals surface area contributed by atoms with Crippen LogP contribution in [-0.2, 0) is 13.1 Å². The lowest BCUT2D eigenvalue weighted by Crippen LogP contribution is -3.10. The Morgan fingerprint density at radius 2 is 1.81 bits per heavy atom. The van der Waals surface area contributed by atoms with Gasteiger partial charge in [0.15, 0.2) is 5.58 Å². The van der Waals surface area contributed by atoms with Crippen LogP contribution < -0.4 is 20.0 Å². The number of nitrogens with one attached hydrogen (secondary N) is 1. The Hall–Kier alpha value is -3.64. The number of halogens is 1. The van der Waals surface area contributed by atoms with Crippen LogP contribution in [0.1, 0.15) is 11.1 Å². The van der Waals surface area contributed by atoms with Gasteiger partial charge in [-0.25, -0.2) is 9.18 Å². The zero-order valence-corrected chi connectivity index (χ0v) is 17.0. The molecule has 0 saturated heterocycles. The van der Waals surface area contributed by atoms with Gasteiger partial charge < -0.3 is 13.9 Å². The van der Waals surface area contributed by atoms with Crippen molar-refractivity contribution >= 4 is 11.0 Å². The smallest absolute Gasteiger partial charge is 0.336 e. The quantitative estimate of drug-likeness (QED) is 0.515. The molecule has 1 aromatic heterocycles. The molecule has 5 rings (SSSR count). The van der Waals surface area contributed by atoms with Crippen LogP contribution in [0.5, 0.6) is 11.5 Å². The minimum atomic E-state index is -0.405. The van der Waals surface area contributed by atoms with Gasteiger partial charge in [-0.3, -0.25) is 4.90 Å². The lowest BCUT2D eigenvalue weighted by molar-refractivity contribution is -0.945. The molecule has 5 nitrogen and oxygen atoms in total. The summed E-state index contributed by atoms with van der Waals surface area (Å²) in [6.07, 6.45) is 0. The Bertz CT molecular complexity index is 1300. The molecule has 0 fully saturated rings. The first-order valence-electron chi connectivity index (χ1n) is 10.1. The van der Waals surface area contributed by atoms with Gasteiger partial charge in [-0.15, -0.1) is 0 Å². The number of quaternary nitrogens is 1. The van der Waals surface area contributed by atoms with Crippen molar-refractivity contribution in [1.29, 1.82) is 0 Å². The summed E-state index contributed by atoms with van der Waals surface area (Å²) in [6, 6.07) is 19.4. The average molecular weight is 418 g/mol. The largest absolute Gasteiger partial charge is 0.497 e. The maximum absolute atomic E-state index is 13.2. The van der Waals surface area contributed by atoms with E-state index in [9.17, 15) is 9.18 Å². The molecule has 0 radical (unpaired) electrons. The lowest BCUT2D eigenvalue weighted by Gasteiger charge is -2.26. The average Bonchev–Trinajstić information content (AvgIpc) is 2.80. The van der Waals surface area contributed by atoms with Crippen molar-refractivity contribution in [3.63, 3.8) is 0 Å². The van der Waals surface area contributed by atoms with E-state index in [2.05, 4.69) is 0 Å². The number of hydrogen-bond acceptors (Lipinski definition) is 4. The zero-order valence-electron chi connectivity index (χ0n) is 17.0. The third-order valence-corrected chi connectivity index (χ3v) is 5.60. The Balaban J connectivity index is 1.54. The predicted octanol–water partition coefficient (Wildman–Crippen LogP) is 3.54. The number of benzene rings is 3. The van der Waals surface area contributed by atoms with E-state index in [-0.39, 0.29) is 5.82 Å². The van der Waals surface area contributed by atoms with Crippen molar-refractivity contribution in [3.05, 3.63) is 94.1 Å². The summed E-state index contributed by atoms with van der Waals surface area (Å²) >= 11 is 0. The molecule has 0 saturated carbocycles. The number of hydrogen-bond donors (Lipinski definition) is 1. The summed E-state index contributed by atoms with van der Waals surface area (Å²) in [5.41, 5.74) is 3.75. The third-order valence-electron chi connectivity index (χ3n) is 5.60. The van der Waals surface area contributed by atoms with Crippen LogP contribution in [0.3, 0.4) is 0 Å². The van der Waals surface area contributed by atoms with Crippen molar-refractivity contribution in [2.45, 2.75) is 13.1 Å². The van der Waals surface area contributed by atoms with Crippen LogP contribution in [0.25, 0.3) is 22.1 Å². The molecule has 6 heteroatoms. The summed E-state index contributed by atoms with van der Waals surface area (Å²) in [5, 5.41) is 0.857. The van der Waals surface area contributed by atoms with E-state index in [4.69, 9.17) is 13.9 Å². The second-order valence-electron chi connectivity index (χ2n) is 7.65. The Morgan fingerprint density at radius 3 is 2.55 bits per heavy atom. The first-order chi connectivity index (χ1) is 15.1. The van der Waals surface area contributed by atoms with Gasteiger partial charge in [0.2, 0.25) is 6.73 Å². The van der Waals surface area contributed by atoms with E-state index in [1.807, 2.05) is 36.4 Å². The van der Waals surface area contributed by atoms with Gasteiger partial charge in [0.25, 0.3) is 0 Å². The number of ether oxygens (including phenoxy) is 2. The Labute approximate surface area is 178 Å². The molecule has 1 N–H and O–H groups in total. The van der Waals surface area contributed by atoms with Gasteiger partial charge in [0.1, 0.15) is 30.4 Å². The molecule has 1 atom stereocenters. The first-order valence-corrected chi connectivity index (χ1v) is 10.1. The highest BCUT2D eigenvalue weighted by Gasteiger charge is 2.25. The highest BCUT2D eigenvalue weighted by Crippen LogP contribution is 2.34. The second-order valence-corrected chi connectivity index (χ2v) is 7.65. The maximum Gasteiger partial charge on any atom is 0.336 e. The summed E-state index contributed by atoms with van der Waals surface area (Å²) in [4.78, 5) is 13.6. The minimum Gasteiger partial charge on any atom is -0.497 e. The monoisotopic (exact) mass is 418 g/mol. The van der Waals surface area contributed by atoms with Crippen molar-refractivity contribution in [3.8, 4) is 22.6 Å². The fourth-order valence-corrected chi connectivity index (χ4v) is 4.06. The molecule has 4 aromatic rings. The molecule has 1 aliphatic heterocycles. The van der Waals surface area contributed by atoms with Gasteiger partial charge in [-0.05, 0) is 47.5 Å². The summed E-state index contributed by atoms with van der Waals surface area (Å²) < 4.78 is 30.1. The van der Waals surface area contributed by atoms with Crippen LogP contribution in [0, 0.1) is 5.82 Å². The van der Waals surface area contributed by atoms with Crippen LogP contribution in [-0.4, -0.2) is 13.8 Å². The van der Waals surface area contributed by atoms with Crippen LogP contribution in [0.15, 0.2) is 75.9 Å². The fraction of sp³-hybridized carbons (Fsp3) is 0.160. The van der Waals surface area contributed by atoms with Crippen molar-refractivity contribution < 1.29 is 23.2 Å². The topological polar surface area (TPSA) is 53.1 Å². The number of rotatable bonds is 4. The molecule has 31 heavy (non-hydrogen) atoms. The normalized spacial score (nSPS) is 15.4. The van der Waals surface area contributed by atoms with Gasteiger partial charge in [-0.2, -0.15) is 0 Å². The summed E-state index contributed by atoms with van der Waals surface area (Å²) in [7, 11) is 1.62. The highest BCUT2D eigenvalue weighted by atomic mass is 19.1. The third kappa shape index (κ3) is 3.78. The molecular weight excluding hydrogens is 397 g/mol. The van der Waals surface area contributed by atoms with Crippen LogP contribution in [0.4, 0.5) is 4.39 Å². The minimum absolute atomic E-state index is 0.252. The van der Waals surface area contributed by atoms with E-state index in [0.29, 0.717) is 25.4 Å². The van der Waals surface area contributed by atoms with Crippen molar-refractivity contribution in [2.75, 3.05) is 13.8 Å².